The molecule has 4 aliphatic rings. The van der Waals surface area contributed by atoms with E-state index in [-0.39, 0.29) is 16.2 Å². The van der Waals surface area contributed by atoms with Crippen LogP contribution in [0.3, 0.4) is 0 Å². The van der Waals surface area contributed by atoms with Crippen molar-refractivity contribution in [3.8, 4) is 11.1 Å². The van der Waals surface area contributed by atoms with Crippen molar-refractivity contribution in [3.05, 3.63) is 128 Å². The molecule has 248 valence electrons. The van der Waals surface area contributed by atoms with Gasteiger partial charge in [-0.1, -0.05) is 97.6 Å². The second-order valence-corrected chi connectivity index (χ2v) is 23.4. The van der Waals surface area contributed by atoms with E-state index in [0.717, 1.165) is 6.42 Å². The van der Waals surface area contributed by atoms with Gasteiger partial charge in [-0.05, 0) is 66.4 Å². The van der Waals surface area contributed by atoms with Gasteiger partial charge in [-0.3, -0.25) is 12.2 Å². The van der Waals surface area contributed by atoms with Crippen molar-refractivity contribution in [1.29, 1.82) is 0 Å². The summed E-state index contributed by atoms with van der Waals surface area (Å²) in [5, 5.41) is 1.60. The van der Waals surface area contributed by atoms with E-state index < -0.39 is 8.07 Å². The van der Waals surface area contributed by atoms with E-state index >= 15 is 0 Å². The van der Waals surface area contributed by atoms with Gasteiger partial charge in [-0.25, -0.2) is 16.3 Å². The molecule has 48 heavy (non-hydrogen) atoms. The Kier molecular flexibility index (Phi) is 10.0. The first kappa shape index (κ1) is 36.9. The Balaban J connectivity index is 0.000000164. The molecule has 0 amide bonds. The summed E-state index contributed by atoms with van der Waals surface area (Å²) >= 11 is 1.46. The van der Waals surface area contributed by atoms with E-state index in [2.05, 4.69) is 172 Å². The van der Waals surface area contributed by atoms with Gasteiger partial charge in [-0.15, -0.1) is 11.6 Å². The van der Waals surface area contributed by atoms with Gasteiger partial charge < -0.3 is 0 Å². The summed E-state index contributed by atoms with van der Waals surface area (Å²) in [6.07, 6.45) is 12.9. The van der Waals surface area contributed by atoms with Crippen molar-refractivity contribution in [2.75, 3.05) is 0 Å². The molecule has 3 aromatic rings. The summed E-state index contributed by atoms with van der Waals surface area (Å²) in [6.45, 7) is 32.0. The van der Waals surface area contributed by atoms with Crippen molar-refractivity contribution in [2.24, 2.45) is 5.92 Å². The maximum Gasteiger partial charge on any atom is 0.00873 e. The molecule has 0 heterocycles. The van der Waals surface area contributed by atoms with Crippen LogP contribution < -0.4 is 0 Å². The zero-order valence-electron chi connectivity index (χ0n) is 32.1. The minimum absolute atomic E-state index is 0.0340. The topological polar surface area (TPSA) is 0 Å². The molecule has 1 atom stereocenters. The molecule has 4 aliphatic carbocycles. The van der Waals surface area contributed by atoms with Crippen molar-refractivity contribution in [3.63, 3.8) is 0 Å². The van der Waals surface area contributed by atoms with Crippen molar-refractivity contribution in [2.45, 2.75) is 118 Å². The average Bonchev–Trinajstić information content (AvgIpc) is 3.65. The molecule has 0 aliphatic heterocycles. The SMILES string of the molecule is CC(C)(C)c1ccc([CH]=[Zr+2])cc1.CC1=[C-]C(C)(C)c2cc3c(cc21)-c1cc2c(cc1C3)C(C)(C)C=C2C.CC1=[C-]C(C)C=C1[Si](C)(C)C. The van der Waals surface area contributed by atoms with Crippen LogP contribution in [0.15, 0.2) is 71.5 Å². The maximum atomic E-state index is 3.65. The molecule has 0 spiro atoms. The Morgan fingerprint density at radius 1 is 0.792 bits per heavy atom. The molecule has 0 radical (unpaired) electrons. The molecular formula is C46H56SiZr. The average molecular weight is 728 g/mol. The number of hydrogen-bond acceptors (Lipinski definition) is 0. The van der Waals surface area contributed by atoms with E-state index in [0.29, 0.717) is 5.92 Å². The van der Waals surface area contributed by atoms with E-state index in [1.54, 1.807) is 5.20 Å². The zero-order valence-corrected chi connectivity index (χ0v) is 35.6. The Labute approximate surface area is 308 Å². The molecule has 0 aromatic heterocycles. The minimum atomic E-state index is -1.07. The fourth-order valence-electron chi connectivity index (χ4n) is 8.00. The Hall–Kier alpha value is -2.41. The predicted molar refractivity (Wildman–Crippen MR) is 210 cm³/mol. The molecule has 0 saturated carbocycles. The van der Waals surface area contributed by atoms with Gasteiger partial charge in [0.1, 0.15) is 0 Å². The smallest absolute Gasteiger partial charge is 0.00873 e. The molecule has 0 nitrogen and oxygen atoms in total. The van der Waals surface area contributed by atoms with Crippen LogP contribution in [0, 0.1) is 18.1 Å². The fraction of sp³-hybridized carbons (Fsp3) is 0.413. The number of benzene rings is 3. The van der Waals surface area contributed by atoms with Gasteiger partial charge in [0.05, 0.1) is 0 Å². The van der Waals surface area contributed by atoms with Crippen molar-refractivity contribution < 1.29 is 24.2 Å². The largest absolute Gasteiger partial charge is 0.267 e. The fourth-order valence-corrected chi connectivity index (χ4v) is 10.4. The number of hydrogen-bond donors (Lipinski definition) is 0. The van der Waals surface area contributed by atoms with E-state index in [4.69, 9.17) is 0 Å². The summed E-state index contributed by atoms with van der Waals surface area (Å²) < 4.78 is 2.21. The van der Waals surface area contributed by atoms with Gasteiger partial charge in [-0.2, -0.15) is 11.6 Å². The molecule has 7 rings (SSSR count). The van der Waals surface area contributed by atoms with Gasteiger partial charge >= 0.3 is 89.5 Å². The quantitative estimate of drug-likeness (QED) is 0.142. The zero-order chi connectivity index (χ0) is 35.6. The third-order valence-corrected chi connectivity index (χ3v) is 13.4. The Morgan fingerprint density at radius 3 is 1.83 bits per heavy atom. The first-order valence-corrected chi connectivity index (χ1v) is 22.6. The third-order valence-electron chi connectivity index (χ3n) is 10.4. The Bertz CT molecular complexity index is 1810. The third kappa shape index (κ3) is 7.37. The van der Waals surface area contributed by atoms with Gasteiger partial charge in [0.2, 0.25) is 0 Å². The minimum Gasteiger partial charge on any atom is -0.267 e. The summed E-state index contributed by atoms with van der Waals surface area (Å²) in [5.41, 5.74) is 19.0. The predicted octanol–water partition coefficient (Wildman–Crippen LogP) is 12.3. The Morgan fingerprint density at radius 2 is 1.35 bits per heavy atom. The molecular weight excluding hydrogens is 672 g/mol. The first-order valence-electron chi connectivity index (χ1n) is 17.7. The monoisotopic (exact) mass is 726 g/mol. The van der Waals surface area contributed by atoms with Crippen LogP contribution in [0.2, 0.25) is 19.6 Å². The van der Waals surface area contributed by atoms with E-state index in [1.807, 2.05) is 0 Å². The number of allylic oxidation sites excluding steroid dienone is 8. The van der Waals surface area contributed by atoms with Crippen LogP contribution >= 0.6 is 0 Å². The molecule has 0 fully saturated rings. The molecule has 0 N–H and O–H groups in total. The van der Waals surface area contributed by atoms with Crippen molar-refractivity contribution in [1.82, 2.24) is 0 Å². The maximum absolute atomic E-state index is 3.65. The summed E-state index contributed by atoms with van der Waals surface area (Å²) in [7, 11) is -1.07. The standard InChI is InChI=1S/C25H25.C11H14.C10H17Si.Zr/c1-14-12-24(3,4)22-8-16-7-17-9-23-19(15(2)13-25(23,5)6)11-21(17)20(16)10-18(14)22;1-9-5-7-10(8-6-9)11(2,3)4;1-8-6-9(2)10(7-8)11(3,4)5;/h8-12H,7H2,1-6H3;1,5-8H,2-4H3;7-8H,1-5H3;/q-1;;-1;+2. The summed E-state index contributed by atoms with van der Waals surface area (Å²) in [4.78, 5) is 0. The molecule has 2 heteroatoms. The second-order valence-electron chi connectivity index (χ2n) is 17.6. The van der Waals surface area contributed by atoms with Crippen LogP contribution in [-0.4, -0.2) is 11.8 Å². The second kappa shape index (κ2) is 13.0. The number of fused-ring (bicyclic) bond motifs is 5. The van der Waals surface area contributed by atoms with Crippen LogP contribution in [0.5, 0.6) is 0 Å². The first-order chi connectivity index (χ1) is 22.1. The van der Waals surface area contributed by atoms with E-state index in [9.17, 15) is 0 Å². The van der Waals surface area contributed by atoms with Crippen LogP contribution in [0.4, 0.5) is 0 Å². The van der Waals surface area contributed by atoms with Gasteiger partial charge in [0.15, 0.2) is 0 Å². The van der Waals surface area contributed by atoms with Crippen LogP contribution in [0.1, 0.15) is 121 Å². The van der Waals surface area contributed by atoms with E-state index in [1.165, 1.54) is 96.6 Å². The van der Waals surface area contributed by atoms with Gasteiger partial charge in [0, 0.05) is 5.41 Å². The van der Waals surface area contributed by atoms with Crippen molar-refractivity contribution >= 4 is 22.9 Å². The normalized spacial score (nSPS) is 19.3. The summed E-state index contributed by atoms with van der Waals surface area (Å²) in [5.74, 6) is 0.553. The summed E-state index contributed by atoms with van der Waals surface area (Å²) in [6, 6.07) is 18.6. The molecule has 3 aromatic carbocycles. The molecule has 1 unspecified atom stereocenters. The van der Waals surface area contributed by atoms with Gasteiger partial charge in [0.25, 0.3) is 0 Å². The molecule has 0 saturated heterocycles. The van der Waals surface area contributed by atoms with Crippen LogP contribution in [0.25, 0.3) is 22.3 Å². The number of rotatable bonds is 2. The van der Waals surface area contributed by atoms with Crippen LogP contribution in [-0.2, 0) is 46.9 Å². The molecule has 0 bridgehead atoms.